The number of alkyl carbamates (subject to hydrolysis) is 1. The summed E-state index contributed by atoms with van der Waals surface area (Å²) in [6.07, 6.45) is -1.98. The summed E-state index contributed by atoms with van der Waals surface area (Å²) in [5.41, 5.74) is 0.147. The standard InChI is InChI=1S/C24H33F2N3O5S/c1-24(2,3)34-23(31)28-21(12-17-9-18(25)13-19(26)10-17)22(30)15-27-14-16-7-6-8-20(11-16)35(32,33)29(4)5/h6-11,13,21-22,27,30H,12,14-15H2,1-5H3,(H,28,31)/t21-,22+/m0/s1. The fraction of sp³-hybridized carbons (Fsp3) is 0.458. The highest BCUT2D eigenvalue weighted by molar-refractivity contribution is 7.89. The summed E-state index contributed by atoms with van der Waals surface area (Å²) in [7, 11) is -0.704. The van der Waals surface area contributed by atoms with Crippen molar-refractivity contribution in [2.75, 3.05) is 20.6 Å². The lowest BCUT2D eigenvalue weighted by atomic mass is 10.0. The fourth-order valence-electron chi connectivity index (χ4n) is 3.26. The Bertz CT molecular complexity index is 1100. The molecule has 0 radical (unpaired) electrons. The first-order valence-electron chi connectivity index (χ1n) is 11.0. The van der Waals surface area contributed by atoms with Crippen LogP contribution in [-0.2, 0) is 27.7 Å². The molecule has 0 aliphatic carbocycles. The van der Waals surface area contributed by atoms with Crippen LogP contribution in [0.15, 0.2) is 47.4 Å². The zero-order valence-electron chi connectivity index (χ0n) is 20.5. The molecule has 0 heterocycles. The van der Waals surface area contributed by atoms with Crippen molar-refractivity contribution in [2.45, 2.75) is 56.4 Å². The minimum atomic E-state index is -3.59. The van der Waals surface area contributed by atoms with E-state index in [2.05, 4.69) is 10.6 Å². The van der Waals surface area contributed by atoms with E-state index in [0.717, 1.165) is 22.5 Å². The number of sulfonamides is 1. The minimum absolute atomic E-state index is 0.00290. The molecule has 0 unspecified atom stereocenters. The van der Waals surface area contributed by atoms with Gasteiger partial charge in [-0.25, -0.2) is 26.3 Å². The van der Waals surface area contributed by atoms with Gasteiger partial charge in [0.1, 0.15) is 17.2 Å². The first kappa shape index (κ1) is 28.6. The van der Waals surface area contributed by atoms with Crippen molar-refractivity contribution in [2.24, 2.45) is 0 Å². The van der Waals surface area contributed by atoms with Gasteiger partial charge in [-0.05, 0) is 62.6 Å². The molecule has 35 heavy (non-hydrogen) atoms. The number of carbonyl (C=O) groups is 1. The highest BCUT2D eigenvalue weighted by Gasteiger charge is 2.25. The van der Waals surface area contributed by atoms with Gasteiger partial charge in [-0.2, -0.15) is 0 Å². The molecule has 0 aliphatic rings. The number of aliphatic hydroxyl groups excluding tert-OH is 1. The molecule has 194 valence electrons. The third-order valence-electron chi connectivity index (χ3n) is 4.90. The highest BCUT2D eigenvalue weighted by Crippen LogP contribution is 2.16. The van der Waals surface area contributed by atoms with Crippen LogP contribution in [0.25, 0.3) is 0 Å². The molecule has 2 aromatic rings. The molecule has 0 aliphatic heterocycles. The zero-order chi connectivity index (χ0) is 26.4. The monoisotopic (exact) mass is 513 g/mol. The largest absolute Gasteiger partial charge is 0.444 e. The van der Waals surface area contributed by atoms with Crippen LogP contribution in [0.2, 0.25) is 0 Å². The summed E-state index contributed by atoms with van der Waals surface area (Å²) in [5, 5.41) is 16.4. The van der Waals surface area contributed by atoms with Crippen LogP contribution < -0.4 is 10.6 Å². The Morgan fingerprint density at radius 2 is 1.71 bits per heavy atom. The van der Waals surface area contributed by atoms with Gasteiger partial charge >= 0.3 is 6.09 Å². The maximum Gasteiger partial charge on any atom is 0.407 e. The number of carbonyl (C=O) groups excluding carboxylic acids is 1. The number of nitrogens with one attached hydrogen (secondary N) is 2. The first-order valence-corrected chi connectivity index (χ1v) is 12.5. The molecular formula is C24H33F2N3O5S. The average Bonchev–Trinajstić information content (AvgIpc) is 2.71. The second-order valence-corrected chi connectivity index (χ2v) is 11.5. The molecule has 0 saturated heterocycles. The number of nitrogens with zero attached hydrogens (tertiary/aromatic N) is 1. The fourth-order valence-corrected chi connectivity index (χ4v) is 4.23. The number of ether oxygens (including phenoxy) is 1. The van der Waals surface area contributed by atoms with Crippen LogP contribution in [-0.4, -0.2) is 62.3 Å². The van der Waals surface area contributed by atoms with Crippen molar-refractivity contribution in [1.29, 1.82) is 0 Å². The van der Waals surface area contributed by atoms with E-state index in [1.807, 2.05) is 0 Å². The van der Waals surface area contributed by atoms with Crippen LogP contribution in [0, 0.1) is 11.6 Å². The Hall–Kier alpha value is -2.60. The number of hydrogen-bond donors (Lipinski definition) is 3. The molecule has 0 bridgehead atoms. The van der Waals surface area contributed by atoms with Crippen LogP contribution in [0.3, 0.4) is 0 Å². The molecule has 11 heteroatoms. The van der Waals surface area contributed by atoms with Crippen LogP contribution >= 0.6 is 0 Å². The predicted molar refractivity (Wildman–Crippen MR) is 128 cm³/mol. The van der Waals surface area contributed by atoms with Gasteiger partial charge in [0.05, 0.1) is 17.0 Å². The third kappa shape index (κ3) is 9.17. The van der Waals surface area contributed by atoms with Crippen LogP contribution in [0.4, 0.5) is 13.6 Å². The van der Waals surface area contributed by atoms with Gasteiger partial charge in [0, 0.05) is 33.3 Å². The molecule has 2 aromatic carbocycles. The van der Waals surface area contributed by atoms with E-state index in [4.69, 9.17) is 4.74 Å². The van der Waals surface area contributed by atoms with Gasteiger partial charge in [-0.3, -0.25) is 0 Å². The summed E-state index contributed by atoms with van der Waals surface area (Å²) in [6.45, 7) is 5.30. The summed E-state index contributed by atoms with van der Waals surface area (Å²) in [6, 6.07) is 8.46. The van der Waals surface area contributed by atoms with E-state index in [-0.39, 0.29) is 30.0 Å². The van der Waals surface area contributed by atoms with Gasteiger partial charge in [-0.1, -0.05) is 12.1 Å². The lowest BCUT2D eigenvalue weighted by molar-refractivity contribution is 0.0422. The van der Waals surface area contributed by atoms with Crippen LogP contribution in [0.5, 0.6) is 0 Å². The Labute approximate surface area is 205 Å². The molecule has 0 spiro atoms. The van der Waals surface area contributed by atoms with Gasteiger partial charge < -0.3 is 20.5 Å². The lowest BCUT2D eigenvalue weighted by Crippen LogP contribution is -2.49. The van der Waals surface area contributed by atoms with E-state index in [1.54, 1.807) is 32.9 Å². The third-order valence-corrected chi connectivity index (χ3v) is 6.72. The first-order chi connectivity index (χ1) is 16.2. The molecule has 0 fully saturated rings. The van der Waals surface area contributed by atoms with Crippen molar-refractivity contribution in [3.05, 3.63) is 65.2 Å². The summed E-state index contributed by atoms with van der Waals surface area (Å²) in [4.78, 5) is 12.4. The quantitative estimate of drug-likeness (QED) is 0.451. The van der Waals surface area contributed by atoms with Gasteiger partial charge in [-0.15, -0.1) is 0 Å². The molecule has 0 saturated carbocycles. The Morgan fingerprint density at radius 3 is 2.29 bits per heavy atom. The van der Waals surface area contributed by atoms with E-state index in [1.165, 1.54) is 26.2 Å². The summed E-state index contributed by atoms with van der Waals surface area (Å²) in [5.74, 6) is -1.53. The van der Waals surface area contributed by atoms with Gasteiger partial charge in [0.25, 0.3) is 0 Å². The van der Waals surface area contributed by atoms with Crippen molar-refractivity contribution in [3.8, 4) is 0 Å². The number of rotatable bonds is 10. The van der Waals surface area contributed by atoms with E-state index >= 15 is 0 Å². The number of halogens is 2. The second kappa shape index (κ2) is 11.9. The van der Waals surface area contributed by atoms with E-state index in [0.29, 0.717) is 5.56 Å². The lowest BCUT2D eigenvalue weighted by Gasteiger charge is -2.27. The number of benzene rings is 2. The van der Waals surface area contributed by atoms with E-state index < -0.39 is 45.5 Å². The Balaban J connectivity index is 2.10. The number of hydrogen-bond acceptors (Lipinski definition) is 6. The van der Waals surface area contributed by atoms with E-state index in [9.17, 15) is 27.1 Å². The smallest absolute Gasteiger partial charge is 0.407 e. The molecule has 8 nitrogen and oxygen atoms in total. The summed E-state index contributed by atoms with van der Waals surface area (Å²) < 4.78 is 58.3. The average molecular weight is 514 g/mol. The highest BCUT2D eigenvalue weighted by atomic mass is 32.2. The van der Waals surface area contributed by atoms with Crippen molar-refractivity contribution in [1.82, 2.24) is 14.9 Å². The van der Waals surface area contributed by atoms with Crippen LogP contribution in [0.1, 0.15) is 31.9 Å². The minimum Gasteiger partial charge on any atom is -0.444 e. The molecule has 1 amide bonds. The molecular weight excluding hydrogens is 480 g/mol. The maximum atomic E-state index is 13.6. The summed E-state index contributed by atoms with van der Waals surface area (Å²) >= 11 is 0. The molecule has 3 N–H and O–H groups in total. The Morgan fingerprint density at radius 1 is 1.09 bits per heavy atom. The topological polar surface area (TPSA) is 108 Å². The SMILES string of the molecule is CN(C)S(=O)(=O)c1cccc(CNC[C@@H](O)[C@H](Cc2cc(F)cc(F)c2)NC(=O)OC(C)(C)C)c1. The Kier molecular flexibility index (Phi) is 9.73. The number of aliphatic hydroxyl groups is 1. The molecule has 2 atom stereocenters. The number of amides is 1. The van der Waals surface area contributed by atoms with Crippen molar-refractivity contribution < 1.29 is 31.8 Å². The van der Waals surface area contributed by atoms with Crippen molar-refractivity contribution >= 4 is 16.1 Å². The molecule has 2 rings (SSSR count). The van der Waals surface area contributed by atoms with Gasteiger partial charge in [0.2, 0.25) is 10.0 Å². The van der Waals surface area contributed by atoms with Crippen molar-refractivity contribution in [3.63, 3.8) is 0 Å². The maximum absolute atomic E-state index is 13.6. The second-order valence-electron chi connectivity index (χ2n) is 9.37. The molecule has 0 aromatic heterocycles. The normalized spacial score (nSPS) is 14.0. The predicted octanol–water partition coefficient (Wildman–Crippen LogP) is 2.80. The zero-order valence-corrected chi connectivity index (χ0v) is 21.3. The van der Waals surface area contributed by atoms with Gasteiger partial charge in [0.15, 0.2) is 0 Å².